The number of alkyl halides is 1. The number of hydrogen-bond donors (Lipinski definition) is 0. The SMILES string of the molecule is CC(Cl)c1nnc(-c2ccc(F)c(Cl)c2)s1. The maximum atomic E-state index is 13.0. The predicted molar refractivity (Wildman–Crippen MR) is 64.6 cm³/mol. The molecule has 84 valence electrons. The third kappa shape index (κ3) is 2.34. The largest absolute Gasteiger partial charge is 0.205 e. The van der Waals surface area contributed by atoms with Gasteiger partial charge in [-0.05, 0) is 25.1 Å². The topological polar surface area (TPSA) is 25.8 Å². The Balaban J connectivity index is 2.39. The summed E-state index contributed by atoms with van der Waals surface area (Å²) >= 11 is 12.9. The van der Waals surface area contributed by atoms with Crippen molar-refractivity contribution >= 4 is 34.5 Å². The van der Waals surface area contributed by atoms with Gasteiger partial charge in [-0.15, -0.1) is 21.8 Å². The molecular weight excluding hydrogens is 270 g/mol. The molecule has 0 aliphatic rings. The van der Waals surface area contributed by atoms with Crippen LogP contribution in [0.3, 0.4) is 0 Å². The Labute approximate surface area is 106 Å². The summed E-state index contributed by atoms with van der Waals surface area (Å²) in [6.45, 7) is 1.82. The molecule has 0 radical (unpaired) electrons. The summed E-state index contributed by atoms with van der Waals surface area (Å²) in [5.74, 6) is -0.444. The Hall–Kier alpha value is -0.710. The van der Waals surface area contributed by atoms with E-state index in [1.807, 2.05) is 6.92 Å². The Kier molecular flexibility index (Phi) is 3.42. The summed E-state index contributed by atoms with van der Waals surface area (Å²) in [6, 6.07) is 4.45. The summed E-state index contributed by atoms with van der Waals surface area (Å²) in [7, 11) is 0. The van der Waals surface area contributed by atoms with Crippen LogP contribution < -0.4 is 0 Å². The van der Waals surface area contributed by atoms with Crippen LogP contribution in [0.25, 0.3) is 10.6 Å². The highest BCUT2D eigenvalue weighted by Gasteiger charge is 2.11. The number of hydrogen-bond acceptors (Lipinski definition) is 3. The van der Waals surface area contributed by atoms with E-state index < -0.39 is 5.82 Å². The lowest BCUT2D eigenvalue weighted by Crippen LogP contribution is -1.81. The van der Waals surface area contributed by atoms with Crippen molar-refractivity contribution in [1.29, 1.82) is 0 Å². The van der Waals surface area contributed by atoms with Crippen LogP contribution in [0, 0.1) is 5.82 Å². The van der Waals surface area contributed by atoms with E-state index in [4.69, 9.17) is 23.2 Å². The molecule has 16 heavy (non-hydrogen) atoms. The van der Waals surface area contributed by atoms with Crippen LogP contribution in [0.2, 0.25) is 5.02 Å². The zero-order chi connectivity index (χ0) is 11.7. The van der Waals surface area contributed by atoms with Gasteiger partial charge < -0.3 is 0 Å². The lowest BCUT2D eigenvalue weighted by atomic mass is 10.2. The quantitative estimate of drug-likeness (QED) is 0.765. The summed E-state index contributed by atoms with van der Waals surface area (Å²) in [5.41, 5.74) is 0.743. The van der Waals surface area contributed by atoms with Crippen LogP contribution in [0.1, 0.15) is 17.3 Å². The van der Waals surface area contributed by atoms with Gasteiger partial charge in [-0.3, -0.25) is 0 Å². The lowest BCUT2D eigenvalue weighted by Gasteiger charge is -1.97. The standard InChI is InChI=1S/C10H7Cl2FN2S/c1-5(11)9-14-15-10(16-9)6-2-3-8(13)7(12)4-6/h2-5H,1H3. The van der Waals surface area contributed by atoms with Crippen LogP contribution in [-0.4, -0.2) is 10.2 Å². The van der Waals surface area contributed by atoms with E-state index in [0.717, 1.165) is 10.6 Å². The molecule has 0 saturated heterocycles. The van der Waals surface area contributed by atoms with Gasteiger partial charge in [-0.2, -0.15) is 0 Å². The lowest BCUT2D eigenvalue weighted by molar-refractivity contribution is 0.628. The van der Waals surface area contributed by atoms with E-state index in [9.17, 15) is 4.39 Å². The molecule has 0 spiro atoms. The molecule has 1 aromatic carbocycles. The highest BCUT2D eigenvalue weighted by atomic mass is 35.5. The fourth-order valence-electron chi connectivity index (χ4n) is 1.14. The molecule has 1 unspecified atom stereocenters. The summed E-state index contributed by atoms with van der Waals surface area (Å²) in [5, 5.41) is 9.24. The number of nitrogens with zero attached hydrogens (tertiary/aromatic N) is 2. The van der Waals surface area contributed by atoms with E-state index in [2.05, 4.69) is 10.2 Å². The van der Waals surface area contributed by atoms with Crippen molar-refractivity contribution in [2.45, 2.75) is 12.3 Å². The third-order valence-corrected chi connectivity index (χ3v) is 3.73. The first kappa shape index (κ1) is 11.8. The van der Waals surface area contributed by atoms with Crippen molar-refractivity contribution in [2.75, 3.05) is 0 Å². The predicted octanol–water partition coefficient (Wildman–Crippen LogP) is 4.30. The number of benzene rings is 1. The fourth-order valence-corrected chi connectivity index (χ4v) is 2.27. The molecule has 1 atom stereocenters. The molecule has 0 saturated carbocycles. The van der Waals surface area contributed by atoms with Crippen LogP contribution in [0.5, 0.6) is 0 Å². The van der Waals surface area contributed by atoms with Crippen molar-refractivity contribution in [3.05, 3.63) is 34.0 Å². The van der Waals surface area contributed by atoms with Gasteiger partial charge in [-0.1, -0.05) is 22.9 Å². The molecule has 0 N–H and O–H groups in total. The molecule has 6 heteroatoms. The Bertz CT molecular complexity index is 513. The summed E-state index contributed by atoms with van der Waals surface area (Å²) < 4.78 is 13.0. The molecule has 0 aliphatic heterocycles. The molecule has 2 aromatic rings. The molecular formula is C10H7Cl2FN2S. The smallest absolute Gasteiger partial charge is 0.147 e. The Morgan fingerprint density at radius 1 is 1.38 bits per heavy atom. The number of rotatable bonds is 2. The van der Waals surface area contributed by atoms with Crippen LogP contribution in [-0.2, 0) is 0 Å². The molecule has 2 rings (SSSR count). The van der Waals surface area contributed by atoms with Crippen molar-refractivity contribution in [3.63, 3.8) is 0 Å². The fraction of sp³-hybridized carbons (Fsp3) is 0.200. The minimum atomic E-state index is -0.444. The highest BCUT2D eigenvalue weighted by Crippen LogP contribution is 2.31. The first-order chi connectivity index (χ1) is 7.58. The number of halogens is 3. The van der Waals surface area contributed by atoms with E-state index in [-0.39, 0.29) is 10.4 Å². The van der Waals surface area contributed by atoms with E-state index in [0.29, 0.717) is 5.01 Å². The van der Waals surface area contributed by atoms with Gasteiger partial charge in [0, 0.05) is 5.56 Å². The van der Waals surface area contributed by atoms with Crippen LogP contribution in [0.15, 0.2) is 18.2 Å². The van der Waals surface area contributed by atoms with Crippen LogP contribution in [0.4, 0.5) is 4.39 Å². The molecule has 0 fully saturated rings. The first-order valence-corrected chi connectivity index (χ1v) is 6.14. The van der Waals surface area contributed by atoms with Gasteiger partial charge >= 0.3 is 0 Å². The molecule has 0 bridgehead atoms. The number of aromatic nitrogens is 2. The zero-order valence-corrected chi connectivity index (χ0v) is 10.6. The van der Waals surface area contributed by atoms with E-state index in [1.165, 1.54) is 23.5 Å². The van der Waals surface area contributed by atoms with Gasteiger partial charge in [0.1, 0.15) is 15.8 Å². The summed E-state index contributed by atoms with van der Waals surface area (Å²) in [4.78, 5) is 0. The molecule has 2 nitrogen and oxygen atoms in total. The van der Waals surface area contributed by atoms with Gasteiger partial charge in [-0.25, -0.2) is 4.39 Å². The Morgan fingerprint density at radius 2 is 2.12 bits per heavy atom. The second kappa shape index (κ2) is 4.65. The molecule has 0 amide bonds. The molecule has 0 aliphatic carbocycles. The van der Waals surface area contributed by atoms with E-state index >= 15 is 0 Å². The van der Waals surface area contributed by atoms with Gasteiger partial charge in [0.25, 0.3) is 0 Å². The highest BCUT2D eigenvalue weighted by molar-refractivity contribution is 7.15. The molecule has 1 heterocycles. The maximum absolute atomic E-state index is 13.0. The second-order valence-corrected chi connectivity index (χ2v) is 5.26. The van der Waals surface area contributed by atoms with Crippen molar-refractivity contribution in [3.8, 4) is 10.6 Å². The van der Waals surface area contributed by atoms with Gasteiger partial charge in [0.15, 0.2) is 0 Å². The Morgan fingerprint density at radius 3 is 2.69 bits per heavy atom. The third-order valence-electron chi connectivity index (χ3n) is 1.95. The maximum Gasteiger partial charge on any atom is 0.147 e. The second-order valence-electron chi connectivity index (χ2n) is 3.19. The minimum Gasteiger partial charge on any atom is -0.205 e. The summed E-state index contributed by atoms with van der Waals surface area (Å²) in [6.07, 6.45) is 0. The van der Waals surface area contributed by atoms with E-state index in [1.54, 1.807) is 6.07 Å². The average Bonchev–Trinajstić information content (AvgIpc) is 2.71. The normalized spacial score (nSPS) is 12.8. The zero-order valence-electron chi connectivity index (χ0n) is 8.25. The minimum absolute atomic E-state index is 0.0770. The first-order valence-electron chi connectivity index (χ1n) is 4.51. The monoisotopic (exact) mass is 276 g/mol. The van der Waals surface area contributed by atoms with Crippen LogP contribution >= 0.6 is 34.5 Å². The van der Waals surface area contributed by atoms with Gasteiger partial charge in [0.2, 0.25) is 0 Å². The van der Waals surface area contributed by atoms with Crippen molar-refractivity contribution < 1.29 is 4.39 Å². The van der Waals surface area contributed by atoms with Crippen molar-refractivity contribution in [1.82, 2.24) is 10.2 Å². The van der Waals surface area contributed by atoms with Crippen molar-refractivity contribution in [2.24, 2.45) is 0 Å². The average molecular weight is 277 g/mol. The molecule has 1 aromatic heterocycles. The van der Waals surface area contributed by atoms with Gasteiger partial charge in [0.05, 0.1) is 10.4 Å².